The molecule has 0 bridgehead atoms. The van der Waals surface area contributed by atoms with Gasteiger partial charge in [0.05, 0.1) is 10.6 Å². The summed E-state index contributed by atoms with van der Waals surface area (Å²) in [7, 11) is 1.87. The number of likely N-dealkylation sites (N-methyl/N-ethyl adjacent to an activating group) is 1. The second-order valence-corrected chi connectivity index (χ2v) is 11.1. The van der Waals surface area contributed by atoms with Crippen molar-refractivity contribution in [2.45, 2.75) is 39.3 Å². The summed E-state index contributed by atoms with van der Waals surface area (Å²) in [5, 5.41) is 2.93. The van der Waals surface area contributed by atoms with E-state index >= 15 is 0 Å². The van der Waals surface area contributed by atoms with Gasteiger partial charge in [0.2, 0.25) is 0 Å². The fourth-order valence-corrected chi connectivity index (χ4v) is 5.87. The fourth-order valence-electron chi connectivity index (χ4n) is 4.83. The molecule has 1 aliphatic heterocycles. The molecule has 2 amide bonds. The molecule has 39 heavy (non-hydrogen) atoms. The molecule has 208 valence electrons. The Morgan fingerprint density at radius 1 is 0.974 bits per heavy atom. The zero-order chi connectivity index (χ0) is 27.6. The van der Waals surface area contributed by atoms with Gasteiger partial charge in [-0.15, -0.1) is 11.3 Å². The molecule has 7 nitrogen and oxygen atoms in total. The average molecular weight is 549 g/mol. The Labute approximate surface area is 236 Å². The molecule has 1 aromatic heterocycles. The van der Waals surface area contributed by atoms with Crippen LogP contribution in [0.5, 0.6) is 0 Å². The summed E-state index contributed by atoms with van der Waals surface area (Å²) in [5.74, 6) is 0.0801. The summed E-state index contributed by atoms with van der Waals surface area (Å²) in [6.07, 6.45) is 1.04. The van der Waals surface area contributed by atoms with Crippen molar-refractivity contribution >= 4 is 29.0 Å². The van der Waals surface area contributed by atoms with E-state index < -0.39 is 6.09 Å². The van der Waals surface area contributed by atoms with Gasteiger partial charge < -0.3 is 14.5 Å². The lowest BCUT2D eigenvalue weighted by Crippen LogP contribution is -2.42. The van der Waals surface area contributed by atoms with Crippen LogP contribution in [0.15, 0.2) is 66.7 Å². The summed E-state index contributed by atoms with van der Waals surface area (Å²) in [4.78, 5) is 34.1. The van der Waals surface area contributed by atoms with Crippen LogP contribution < -0.4 is 5.32 Å². The Kier molecular flexibility index (Phi) is 10.5. The van der Waals surface area contributed by atoms with Crippen LogP contribution in [0.3, 0.4) is 0 Å². The van der Waals surface area contributed by atoms with E-state index in [0.717, 1.165) is 73.8 Å². The third-order valence-electron chi connectivity index (χ3n) is 7.30. The number of likely N-dealkylation sites (tertiary alicyclic amines) is 1. The topological polar surface area (TPSA) is 65.1 Å². The number of rotatable bonds is 11. The highest BCUT2D eigenvalue weighted by Crippen LogP contribution is 2.28. The molecule has 0 atom stereocenters. The molecule has 3 aromatic rings. The number of thiophene rings is 1. The lowest BCUT2D eigenvalue weighted by molar-refractivity contribution is 0.0541. The van der Waals surface area contributed by atoms with E-state index in [1.807, 2.05) is 72.6 Å². The van der Waals surface area contributed by atoms with E-state index in [9.17, 15) is 9.59 Å². The monoisotopic (exact) mass is 548 g/mol. The largest absolute Gasteiger partial charge is 0.446 e. The van der Waals surface area contributed by atoms with Crippen LogP contribution in [0, 0.1) is 0 Å². The number of anilines is 1. The summed E-state index contributed by atoms with van der Waals surface area (Å²) in [6.45, 7) is 10.4. The number of benzene rings is 2. The molecule has 2 heterocycles. The van der Waals surface area contributed by atoms with Gasteiger partial charge in [0.15, 0.2) is 0 Å². The van der Waals surface area contributed by atoms with E-state index in [2.05, 4.69) is 35.0 Å². The molecule has 1 saturated heterocycles. The number of hydrogen-bond acceptors (Lipinski definition) is 6. The molecule has 0 unspecified atom stereocenters. The van der Waals surface area contributed by atoms with Crippen molar-refractivity contribution < 1.29 is 14.3 Å². The molecule has 0 spiro atoms. The molecule has 2 aromatic carbocycles. The highest BCUT2D eigenvalue weighted by atomic mass is 32.1. The molecule has 1 fully saturated rings. The smallest absolute Gasteiger partial charge is 0.411 e. The van der Waals surface area contributed by atoms with Gasteiger partial charge >= 0.3 is 6.09 Å². The first kappa shape index (κ1) is 28.8. The van der Waals surface area contributed by atoms with Crippen LogP contribution in [0.4, 0.5) is 10.5 Å². The first-order chi connectivity index (χ1) is 19.0. The molecule has 0 radical (unpaired) electrons. The number of carbonyl (C=O) groups excluding carboxylic acids is 2. The Morgan fingerprint density at radius 2 is 1.67 bits per heavy atom. The number of hydrogen-bond donors (Lipinski definition) is 1. The Bertz CT molecular complexity index is 1200. The van der Waals surface area contributed by atoms with Crippen molar-refractivity contribution in [1.29, 1.82) is 0 Å². The number of carbonyl (C=O) groups is 2. The number of para-hydroxylation sites is 1. The lowest BCUT2D eigenvalue weighted by Gasteiger charge is -2.32. The summed E-state index contributed by atoms with van der Waals surface area (Å²) in [5.41, 5.74) is 2.75. The van der Waals surface area contributed by atoms with Gasteiger partial charge in [0.25, 0.3) is 5.91 Å². The number of amides is 2. The van der Waals surface area contributed by atoms with Gasteiger partial charge in [-0.2, -0.15) is 0 Å². The molecule has 1 aliphatic rings. The molecular formula is C31H40N4O3S. The number of ether oxygens (including phenoxy) is 1. The van der Waals surface area contributed by atoms with Gasteiger partial charge in [-0.05, 0) is 49.7 Å². The highest BCUT2D eigenvalue weighted by Gasteiger charge is 2.24. The predicted octanol–water partition coefficient (Wildman–Crippen LogP) is 6.04. The Balaban J connectivity index is 1.19. The Morgan fingerprint density at radius 3 is 2.38 bits per heavy atom. The van der Waals surface area contributed by atoms with Crippen molar-refractivity contribution in [3.05, 3.63) is 76.5 Å². The maximum atomic E-state index is 12.9. The van der Waals surface area contributed by atoms with E-state index in [4.69, 9.17) is 4.74 Å². The maximum absolute atomic E-state index is 12.9. The molecule has 1 N–H and O–H groups in total. The third kappa shape index (κ3) is 8.14. The summed E-state index contributed by atoms with van der Waals surface area (Å²) in [6, 6.07) is 21.8. The minimum Gasteiger partial charge on any atom is -0.446 e. The summed E-state index contributed by atoms with van der Waals surface area (Å²) >= 11 is 1.59. The van der Waals surface area contributed by atoms with Crippen LogP contribution in [0.2, 0.25) is 0 Å². The van der Waals surface area contributed by atoms with Gasteiger partial charge in [0.1, 0.15) is 6.10 Å². The quantitative estimate of drug-likeness (QED) is 0.316. The van der Waals surface area contributed by atoms with Crippen molar-refractivity contribution in [1.82, 2.24) is 14.7 Å². The van der Waals surface area contributed by atoms with Gasteiger partial charge in [-0.3, -0.25) is 15.0 Å². The van der Waals surface area contributed by atoms with Crippen LogP contribution in [-0.4, -0.2) is 79.1 Å². The molecule has 4 rings (SSSR count). The second-order valence-electron chi connectivity index (χ2n) is 9.94. The average Bonchev–Trinajstić information content (AvgIpc) is 3.44. The first-order valence-electron chi connectivity index (χ1n) is 13.9. The third-order valence-corrected chi connectivity index (χ3v) is 8.36. The number of nitrogens with one attached hydrogen (secondary N) is 1. The van der Waals surface area contributed by atoms with Crippen LogP contribution in [-0.2, 0) is 11.3 Å². The molecule has 0 saturated carbocycles. The van der Waals surface area contributed by atoms with Gasteiger partial charge in [0, 0.05) is 50.2 Å². The second kappa shape index (κ2) is 14.3. The van der Waals surface area contributed by atoms with Gasteiger partial charge in [-0.1, -0.05) is 62.4 Å². The lowest BCUT2D eigenvalue weighted by atomic mass is 10.0. The van der Waals surface area contributed by atoms with E-state index in [0.29, 0.717) is 6.54 Å². The maximum Gasteiger partial charge on any atom is 0.411 e. The van der Waals surface area contributed by atoms with Crippen LogP contribution in [0.25, 0.3) is 11.1 Å². The zero-order valence-electron chi connectivity index (χ0n) is 23.3. The van der Waals surface area contributed by atoms with E-state index in [1.54, 1.807) is 11.3 Å². The van der Waals surface area contributed by atoms with Crippen LogP contribution >= 0.6 is 11.3 Å². The fraction of sp³-hybridized carbons (Fsp3) is 0.419. The zero-order valence-corrected chi connectivity index (χ0v) is 24.1. The van der Waals surface area contributed by atoms with E-state index in [-0.39, 0.29) is 12.0 Å². The highest BCUT2D eigenvalue weighted by molar-refractivity contribution is 7.14. The summed E-state index contributed by atoms with van der Waals surface area (Å²) < 4.78 is 5.76. The van der Waals surface area contributed by atoms with E-state index in [1.165, 1.54) is 4.88 Å². The first-order valence-corrected chi connectivity index (χ1v) is 14.7. The predicted molar refractivity (Wildman–Crippen MR) is 159 cm³/mol. The number of nitrogens with zero attached hydrogens (tertiary/aromatic N) is 3. The Hall–Kier alpha value is -3.20. The standard InChI is InChI=1S/C31H40N4O3S/c1-4-34(5-2)23-26-15-16-29(39-26)30(36)33(3)21-22-35-19-17-25(18-20-35)38-31(37)32-28-14-10-9-13-27(28)24-11-7-6-8-12-24/h6-16,25H,4-5,17-23H2,1-3H3,(H,32,37). The minimum atomic E-state index is -0.418. The minimum absolute atomic E-state index is 0.0801. The SMILES string of the molecule is CCN(CC)Cc1ccc(C(=O)N(C)CCN2CCC(OC(=O)Nc3ccccc3-c3ccccc3)CC2)s1. The van der Waals surface area contributed by atoms with Crippen molar-refractivity contribution in [2.24, 2.45) is 0 Å². The van der Waals surface area contributed by atoms with Crippen molar-refractivity contribution in [3.63, 3.8) is 0 Å². The molecular weight excluding hydrogens is 508 g/mol. The van der Waals surface area contributed by atoms with Crippen molar-refractivity contribution in [2.75, 3.05) is 51.6 Å². The van der Waals surface area contributed by atoms with Crippen molar-refractivity contribution in [3.8, 4) is 11.1 Å². The van der Waals surface area contributed by atoms with Crippen LogP contribution in [0.1, 0.15) is 41.2 Å². The normalized spacial score (nSPS) is 14.4. The molecule has 0 aliphatic carbocycles. The number of piperidine rings is 1. The molecule has 8 heteroatoms. The van der Waals surface area contributed by atoms with Gasteiger partial charge in [-0.25, -0.2) is 4.79 Å².